The maximum Gasteiger partial charge on any atom is 0.253 e. The average molecular weight is 539 g/mol. The molecular weight excluding hydrogens is 492 g/mol. The number of carbonyl (C=O) groups is 1. The van der Waals surface area contributed by atoms with E-state index in [-0.39, 0.29) is 18.0 Å². The number of nitrogens with one attached hydrogen (secondary N) is 2. The van der Waals surface area contributed by atoms with Crippen LogP contribution in [0.15, 0.2) is 23.0 Å². The number of carbonyl (C=O) groups excluding carboxylic acids is 1. The molecule has 1 aliphatic carbocycles. The summed E-state index contributed by atoms with van der Waals surface area (Å²) in [6, 6.07) is 6.39. The first-order valence-corrected chi connectivity index (χ1v) is 14.7. The number of morpholine rings is 1. The maximum atomic E-state index is 13.5. The summed E-state index contributed by atoms with van der Waals surface area (Å²) in [5, 5.41) is 3.01. The number of amides is 1. The normalized spacial score (nSPS) is 16.7. The molecule has 2 N–H and O–H groups in total. The number of H-pyrrole nitrogens is 1. The van der Waals surface area contributed by atoms with Gasteiger partial charge in [-0.1, -0.05) is 19.3 Å². The van der Waals surface area contributed by atoms with Crippen molar-refractivity contribution < 1.29 is 14.3 Å². The van der Waals surface area contributed by atoms with E-state index in [2.05, 4.69) is 33.1 Å². The molecule has 2 fully saturated rings. The van der Waals surface area contributed by atoms with Gasteiger partial charge in [0.2, 0.25) is 0 Å². The molecule has 0 bridgehead atoms. The van der Waals surface area contributed by atoms with Crippen LogP contribution in [0, 0.1) is 20.8 Å². The molecule has 0 spiro atoms. The number of nitrogens with zero attached hydrogens (tertiary/aromatic N) is 2. The summed E-state index contributed by atoms with van der Waals surface area (Å²) in [7, 11) is 0. The van der Waals surface area contributed by atoms with Crippen LogP contribution in [0.3, 0.4) is 0 Å². The van der Waals surface area contributed by atoms with E-state index in [0.717, 1.165) is 74.1 Å². The summed E-state index contributed by atoms with van der Waals surface area (Å²) in [4.78, 5) is 33.8. The van der Waals surface area contributed by atoms with Crippen LogP contribution in [0.2, 0.25) is 0 Å². The zero-order chi connectivity index (χ0) is 27.8. The maximum absolute atomic E-state index is 13.5. The van der Waals surface area contributed by atoms with Crippen molar-refractivity contribution in [3.63, 3.8) is 0 Å². The Bertz CT molecular complexity index is 1170. The first-order valence-electron chi connectivity index (χ1n) is 14.7. The molecule has 0 radical (unpaired) electrons. The number of aromatic amines is 1. The second kappa shape index (κ2) is 14.0. The number of benzene rings is 1. The third kappa shape index (κ3) is 7.63. The molecule has 0 atom stereocenters. The highest BCUT2D eigenvalue weighted by Gasteiger charge is 2.25. The molecule has 1 aliphatic heterocycles. The summed E-state index contributed by atoms with van der Waals surface area (Å²) in [6.07, 6.45) is 7.06. The van der Waals surface area contributed by atoms with Crippen molar-refractivity contribution in [3.8, 4) is 5.75 Å². The summed E-state index contributed by atoms with van der Waals surface area (Å²) in [5.74, 6) is 0.535. The fourth-order valence-electron chi connectivity index (χ4n) is 5.98. The highest BCUT2D eigenvalue weighted by molar-refractivity contribution is 5.97. The standard InChI is InChI=1S/C31H46N4O4/c1-5-35(25-10-7-6-8-11-25)29-20-26(39-15-9-12-34-13-16-38-17-14-34)19-27(24(29)4)30(36)32-21-28-22(2)18-23(3)33-31(28)37/h18-20,25H,5-17,21H2,1-4H3,(H,32,36)(H,33,37). The molecule has 2 aromatic rings. The molecule has 1 aromatic heterocycles. The molecule has 214 valence electrons. The van der Waals surface area contributed by atoms with Crippen LogP contribution in [-0.4, -0.2) is 67.8 Å². The first kappa shape index (κ1) is 29.2. The Hall–Kier alpha value is -2.84. The van der Waals surface area contributed by atoms with Crippen LogP contribution >= 0.6 is 0 Å². The third-order valence-corrected chi connectivity index (χ3v) is 8.17. The van der Waals surface area contributed by atoms with Gasteiger partial charge in [0.1, 0.15) is 5.75 Å². The van der Waals surface area contributed by atoms with E-state index in [4.69, 9.17) is 9.47 Å². The lowest BCUT2D eigenvalue weighted by Crippen LogP contribution is -2.37. The molecule has 39 heavy (non-hydrogen) atoms. The number of anilines is 1. The molecule has 1 aromatic carbocycles. The Morgan fingerprint density at radius 3 is 2.56 bits per heavy atom. The monoisotopic (exact) mass is 538 g/mol. The molecule has 1 saturated heterocycles. The minimum Gasteiger partial charge on any atom is -0.493 e. The number of aromatic nitrogens is 1. The highest BCUT2D eigenvalue weighted by Crippen LogP contribution is 2.34. The van der Waals surface area contributed by atoms with Crippen LogP contribution in [0.1, 0.15) is 78.2 Å². The lowest BCUT2D eigenvalue weighted by atomic mass is 9.92. The van der Waals surface area contributed by atoms with E-state index in [9.17, 15) is 9.59 Å². The second-order valence-electron chi connectivity index (χ2n) is 11.0. The van der Waals surface area contributed by atoms with E-state index in [1.807, 2.05) is 32.9 Å². The van der Waals surface area contributed by atoms with Gasteiger partial charge < -0.3 is 24.7 Å². The van der Waals surface area contributed by atoms with Crippen molar-refractivity contribution in [2.45, 2.75) is 78.8 Å². The van der Waals surface area contributed by atoms with Crippen molar-refractivity contribution >= 4 is 11.6 Å². The van der Waals surface area contributed by atoms with E-state index >= 15 is 0 Å². The molecule has 8 nitrogen and oxygen atoms in total. The predicted octanol–water partition coefficient (Wildman–Crippen LogP) is 4.49. The second-order valence-corrected chi connectivity index (χ2v) is 11.0. The zero-order valence-electron chi connectivity index (χ0n) is 24.2. The number of hydrogen-bond donors (Lipinski definition) is 2. The van der Waals surface area contributed by atoms with Gasteiger partial charge in [-0.3, -0.25) is 14.5 Å². The fourth-order valence-corrected chi connectivity index (χ4v) is 5.98. The molecule has 1 amide bonds. The summed E-state index contributed by atoms with van der Waals surface area (Å²) in [5.41, 5.74) is 4.75. The Morgan fingerprint density at radius 1 is 1.13 bits per heavy atom. The molecule has 2 heterocycles. The minimum atomic E-state index is -0.188. The van der Waals surface area contributed by atoms with Crippen LogP contribution in [0.25, 0.3) is 0 Å². The van der Waals surface area contributed by atoms with Crippen molar-refractivity contribution in [1.82, 2.24) is 15.2 Å². The largest absolute Gasteiger partial charge is 0.493 e. The first-order chi connectivity index (χ1) is 18.9. The SMILES string of the molecule is CCN(c1cc(OCCCN2CCOCC2)cc(C(=O)NCc2c(C)cc(C)[nH]c2=O)c1C)C1CCCCC1. The van der Waals surface area contributed by atoms with Gasteiger partial charge in [-0.15, -0.1) is 0 Å². The highest BCUT2D eigenvalue weighted by atomic mass is 16.5. The Kier molecular flexibility index (Phi) is 10.5. The number of ether oxygens (including phenoxy) is 2. The summed E-state index contributed by atoms with van der Waals surface area (Å²) < 4.78 is 11.7. The minimum absolute atomic E-state index is 0.156. The predicted molar refractivity (Wildman–Crippen MR) is 156 cm³/mol. The summed E-state index contributed by atoms with van der Waals surface area (Å²) >= 11 is 0. The lowest BCUT2D eigenvalue weighted by molar-refractivity contribution is 0.0358. The van der Waals surface area contributed by atoms with Gasteiger partial charge in [0.25, 0.3) is 11.5 Å². The van der Waals surface area contributed by atoms with Crippen LogP contribution in [0.4, 0.5) is 5.69 Å². The molecular formula is C31H46N4O4. The van der Waals surface area contributed by atoms with Gasteiger partial charge in [0.05, 0.1) is 19.8 Å². The van der Waals surface area contributed by atoms with E-state index < -0.39 is 0 Å². The van der Waals surface area contributed by atoms with Gasteiger partial charge >= 0.3 is 0 Å². The van der Waals surface area contributed by atoms with Crippen molar-refractivity contribution in [3.05, 3.63) is 56.5 Å². The quantitative estimate of drug-likeness (QED) is 0.410. The van der Waals surface area contributed by atoms with Crippen molar-refractivity contribution in [2.75, 3.05) is 50.9 Å². The van der Waals surface area contributed by atoms with E-state index in [1.165, 1.54) is 32.1 Å². The Balaban J connectivity index is 1.54. The van der Waals surface area contributed by atoms with Crippen molar-refractivity contribution in [2.24, 2.45) is 0 Å². The van der Waals surface area contributed by atoms with Crippen molar-refractivity contribution in [1.29, 1.82) is 0 Å². The van der Waals surface area contributed by atoms with E-state index in [1.54, 1.807) is 0 Å². The molecule has 1 saturated carbocycles. The number of hydrogen-bond acceptors (Lipinski definition) is 6. The van der Waals surface area contributed by atoms with Gasteiger partial charge in [-0.2, -0.15) is 0 Å². The lowest BCUT2D eigenvalue weighted by Gasteiger charge is -2.37. The molecule has 8 heteroatoms. The average Bonchev–Trinajstić information content (AvgIpc) is 2.93. The number of rotatable bonds is 11. The van der Waals surface area contributed by atoms with Crippen LogP contribution in [0.5, 0.6) is 5.75 Å². The van der Waals surface area contributed by atoms with Gasteiger partial charge in [-0.25, -0.2) is 0 Å². The number of aryl methyl sites for hydroxylation is 2. The van der Waals surface area contributed by atoms with Gasteiger partial charge in [0, 0.05) is 67.3 Å². The topological polar surface area (TPSA) is 86.9 Å². The van der Waals surface area contributed by atoms with Gasteiger partial charge in [-0.05, 0) is 70.2 Å². The van der Waals surface area contributed by atoms with Crippen LogP contribution < -0.4 is 20.5 Å². The van der Waals surface area contributed by atoms with Crippen LogP contribution in [-0.2, 0) is 11.3 Å². The molecule has 2 aliphatic rings. The zero-order valence-corrected chi connectivity index (χ0v) is 24.2. The summed E-state index contributed by atoms with van der Waals surface area (Å²) in [6.45, 7) is 14.1. The Labute approximate surface area is 233 Å². The van der Waals surface area contributed by atoms with Gasteiger partial charge in [0.15, 0.2) is 0 Å². The smallest absolute Gasteiger partial charge is 0.253 e. The molecule has 0 unspecified atom stereocenters. The third-order valence-electron chi connectivity index (χ3n) is 8.17. The number of pyridine rings is 1. The fraction of sp³-hybridized carbons (Fsp3) is 0.613. The van der Waals surface area contributed by atoms with E-state index in [0.29, 0.717) is 23.8 Å². The molecule has 4 rings (SSSR count). The Morgan fingerprint density at radius 2 is 1.87 bits per heavy atom.